The van der Waals surface area contributed by atoms with Gasteiger partial charge in [0.05, 0.1) is 10.0 Å². The quantitative estimate of drug-likeness (QED) is 0.817. The van der Waals surface area contributed by atoms with Gasteiger partial charge in [0.15, 0.2) is 0 Å². The van der Waals surface area contributed by atoms with E-state index in [1.165, 1.54) is 12.1 Å². The fraction of sp³-hybridized carbons (Fsp3) is 0. The maximum atomic E-state index is 12.5. The van der Waals surface area contributed by atoms with Gasteiger partial charge in [-0.3, -0.25) is 4.70 Å². The van der Waals surface area contributed by atoms with Crippen molar-refractivity contribution in [2.45, 2.75) is 0 Å². The molecule has 0 bridgehead atoms. The van der Waals surface area contributed by atoms with Crippen LogP contribution in [0, 0.1) is 5.82 Å². The summed E-state index contributed by atoms with van der Waals surface area (Å²) in [5, 5.41) is 8.46. The molecule has 0 unspecified atom stereocenters. The fourth-order valence-corrected chi connectivity index (χ4v) is 1.01. The molecule has 2 nitrogen and oxygen atoms in total. The number of aromatic carboxylic acids is 1. The van der Waals surface area contributed by atoms with Crippen molar-refractivity contribution in [1.82, 2.24) is 0 Å². The molecule has 0 radical (unpaired) electrons. The fourth-order valence-electron chi connectivity index (χ4n) is 0.629. The minimum Gasteiger partial charge on any atom is -0.478 e. The Kier molecular flexibility index (Phi) is 3.82. The molecule has 0 aromatic heterocycles. The number of hydrogen-bond acceptors (Lipinski definition) is 1. The van der Waals surface area contributed by atoms with Crippen molar-refractivity contribution in [3.05, 3.63) is 34.1 Å². The Morgan fingerprint density at radius 2 is 2.08 bits per heavy atom. The number of hydrogen-bond donors (Lipinski definition) is 1. The van der Waals surface area contributed by atoms with E-state index in [9.17, 15) is 9.18 Å². The third kappa shape index (κ3) is 2.27. The molecule has 1 aromatic carbocycles. The molecule has 12 heavy (non-hydrogen) atoms. The predicted octanol–water partition coefficient (Wildman–Crippen LogP) is 2.44. The molecule has 1 N–H and O–H groups in total. The van der Waals surface area contributed by atoms with E-state index < -0.39 is 11.8 Å². The monoisotopic (exact) mass is 238 g/mol. The van der Waals surface area contributed by atoms with Crippen molar-refractivity contribution in [2.75, 3.05) is 0 Å². The number of halogens is 3. The molecule has 0 amide bonds. The summed E-state index contributed by atoms with van der Waals surface area (Å²) >= 11 is 2.88. The van der Waals surface area contributed by atoms with E-state index in [0.717, 1.165) is 6.07 Å². The Bertz CT molecular complexity index is 301. The van der Waals surface area contributed by atoms with Gasteiger partial charge in [-0.25, -0.2) is 9.18 Å². The van der Waals surface area contributed by atoms with Crippen LogP contribution in [-0.4, -0.2) is 11.1 Å². The lowest BCUT2D eigenvalue weighted by Gasteiger charge is -1.95. The molecule has 0 fully saturated rings. The summed E-state index contributed by atoms with van der Waals surface area (Å²) in [6, 6.07) is 3.54. The second-order valence-electron chi connectivity index (χ2n) is 1.93. The highest BCUT2D eigenvalue weighted by Gasteiger charge is 2.05. The smallest absolute Gasteiger partial charge is 0.335 e. The predicted molar refractivity (Wildman–Crippen MR) is 43.6 cm³/mol. The maximum absolute atomic E-state index is 12.5. The van der Waals surface area contributed by atoms with Gasteiger partial charge in [-0.05, 0) is 34.1 Å². The summed E-state index contributed by atoms with van der Waals surface area (Å²) in [7, 11) is 0. The first-order chi connectivity index (χ1) is 5.11. The number of carboxylic acid groups (broad SMARTS) is 1. The first-order valence-electron chi connectivity index (χ1n) is 2.79. The van der Waals surface area contributed by atoms with Gasteiger partial charge >= 0.3 is 5.97 Å². The number of benzene rings is 1. The minimum absolute atomic E-state index is 0. The Labute approximate surface area is 75.5 Å². The summed E-state index contributed by atoms with van der Waals surface area (Å²) in [5.74, 6) is -1.53. The van der Waals surface area contributed by atoms with Crippen LogP contribution in [0.5, 0.6) is 0 Å². The summed E-state index contributed by atoms with van der Waals surface area (Å²) in [4.78, 5) is 10.3. The first-order valence-corrected chi connectivity index (χ1v) is 3.59. The van der Waals surface area contributed by atoms with E-state index in [0.29, 0.717) is 0 Å². The largest absolute Gasteiger partial charge is 0.478 e. The molecular formula is C7H5BrF2O2. The number of rotatable bonds is 1. The van der Waals surface area contributed by atoms with Crippen LogP contribution in [-0.2, 0) is 0 Å². The standard InChI is InChI=1S/C7H4BrFO2.FH/c8-5-3-4(7(10)11)1-2-6(5)9;/h1-3H,(H,10,11);1H. The molecule has 0 heterocycles. The average Bonchev–Trinajstić information content (AvgIpc) is 1.94. The van der Waals surface area contributed by atoms with E-state index in [2.05, 4.69) is 15.9 Å². The molecule has 5 heteroatoms. The zero-order valence-corrected chi connectivity index (χ0v) is 7.34. The molecule has 66 valence electrons. The SMILES string of the molecule is F.O=C(O)c1ccc(F)c(Br)c1. The molecule has 1 rings (SSSR count). The van der Waals surface area contributed by atoms with Crippen LogP contribution in [0.3, 0.4) is 0 Å². The van der Waals surface area contributed by atoms with Crippen molar-refractivity contribution in [2.24, 2.45) is 0 Å². The first kappa shape index (κ1) is 11.0. The van der Waals surface area contributed by atoms with Gasteiger partial charge in [-0.2, -0.15) is 0 Å². The lowest BCUT2D eigenvalue weighted by molar-refractivity contribution is 0.0697. The summed E-state index contributed by atoms with van der Waals surface area (Å²) in [5.41, 5.74) is 0.0678. The lowest BCUT2D eigenvalue weighted by atomic mass is 10.2. The third-order valence-corrected chi connectivity index (χ3v) is 1.77. The van der Waals surface area contributed by atoms with Crippen molar-refractivity contribution < 1.29 is 19.0 Å². The van der Waals surface area contributed by atoms with Gasteiger partial charge in [0.1, 0.15) is 5.82 Å². The second-order valence-corrected chi connectivity index (χ2v) is 2.79. The van der Waals surface area contributed by atoms with E-state index in [4.69, 9.17) is 5.11 Å². The average molecular weight is 239 g/mol. The van der Waals surface area contributed by atoms with Gasteiger partial charge < -0.3 is 5.11 Å². The molecule has 0 aliphatic rings. The van der Waals surface area contributed by atoms with Crippen LogP contribution < -0.4 is 0 Å². The van der Waals surface area contributed by atoms with Gasteiger partial charge in [-0.1, -0.05) is 0 Å². The number of carboxylic acids is 1. The van der Waals surface area contributed by atoms with E-state index in [1.807, 2.05) is 0 Å². The highest BCUT2D eigenvalue weighted by atomic mass is 79.9. The topological polar surface area (TPSA) is 37.3 Å². The van der Waals surface area contributed by atoms with Crippen LogP contribution in [0.1, 0.15) is 10.4 Å². The molecule has 0 aliphatic carbocycles. The lowest BCUT2D eigenvalue weighted by Crippen LogP contribution is -1.95. The van der Waals surface area contributed by atoms with Gasteiger partial charge in [-0.15, -0.1) is 0 Å². The summed E-state index contributed by atoms with van der Waals surface area (Å²) in [6.45, 7) is 0. The second kappa shape index (κ2) is 4.15. The van der Waals surface area contributed by atoms with Crippen LogP contribution in [0.25, 0.3) is 0 Å². The Hall–Kier alpha value is -0.970. The van der Waals surface area contributed by atoms with E-state index >= 15 is 0 Å². The molecule has 0 atom stereocenters. The molecule has 0 saturated heterocycles. The highest BCUT2D eigenvalue weighted by molar-refractivity contribution is 9.10. The van der Waals surface area contributed by atoms with Gasteiger partial charge in [0.25, 0.3) is 0 Å². The molecular weight excluding hydrogens is 234 g/mol. The van der Waals surface area contributed by atoms with Gasteiger partial charge in [0, 0.05) is 0 Å². The number of carbonyl (C=O) groups is 1. The summed E-state index contributed by atoms with van der Waals surface area (Å²) < 4.78 is 12.7. The minimum atomic E-state index is -1.06. The molecule has 0 saturated carbocycles. The Morgan fingerprint density at radius 3 is 2.50 bits per heavy atom. The molecule has 0 spiro atoms. The van der Waals surface area contributed by atoms with Crippen LogP contribution in [0.2, 0.25) is 0 Å². The van der Waals surface area contributed by atoms with Crippen LogP contribution in [0.15, 0.2) is 22.7 Å². The van der Waals surface area contributed by atoms with Gasteiger partial charge in [0.2, 0.25) is 0 Å². The van der Waals surface area contributed by atoms with E-state index in [1.54, 1.807) is 0 Å². The van der Waals surface area contributed by atoms with Crippen LogP contribution in [0.4, 0.5) is 9.09 Å². The maximum Gasteiger partial charge on any atom is 0.335 e. The van der Waals surface area contributed by atoms with Crippen LogP contribution >= 0.6 is 15.9 Å². The molecule has 1 aromatic rings. The van der Waals surface area contributed by atoms with Crippen molar-refractivity contribution in [3.8, 4) is 0 Å². The van der Waals surface area contributed by atoms with Crippen molar-refractivity contribution >= 4 is 21.9 Å². The Morgan fingerprint density at radius 1 is 1.50 bits per heavy atom. The zero-order valence-electron chi connectivity index (χ0n) is 5.75. The van der Waals surface area contributed by atoms with Crippen molar-refractivity contribution in [1.29, 1.82) is 0 Å². The third-order valence-electron chi connectivity index (χ3n) is 1.17. The van der Waals surface area contributed by atoms with Crippen molar-refractivity contribution in [3.63, 3.8) is 0 Å². The van der Waals surface area contributed by atoms with E-state index in [-0.39, 0.29) is 14.7 Å². The highest BCUT2D eigenvalue weighted by Crippen LogP contribution is 2.16. The Balaban J connectivity index is 0.00000121. The normalized spacial score (nSPS) is 8.83. The summed E-state index contributed by atoms with van der Waals surface area (Å²) in [6.07, 6.45) is 0. The molecule has 0 aliphatic heterocycles. The zero-order chi connectivity index (χ0) is 8.43.